The molecule has 0 radical (unpaired) electrons. The molecular weight excluding hydrogens is 352 g/mol. The molecule has 1 N–H and O–H groups in total. The van der Waals surface area contributed by atoms with Crippen molar-refractivity contribution in [3.63, 3.8) is 0 Å². The van der Waals surface area contributed by atoms with E-state index in [0.29, 0.717) is 10.8 Å². The molecule has 1 aromatic rings. The largest absolute Gasteiger partial charge is 0.316 e. The third-order valence-corrected chi connectivity index (χ3v) is 8.42. The lowest BCUT2D eigenvalue weighted by Gasteiger charge is -2.62. The average Bonchev–Trinajstić information content (AvgIpc) is 3.14. The Bertz CT molecular complexity index is 635. The molecule has 6 rings (SSSR count). The third kappa shape index (κ3) is 3.70. The van der Waals surface area contributed by atoms with Crippen molar-refractivity contribution in [1.29, 1.82) is 0 Å². The van der Waals surface area contributed by atoms with E-state index in [1.165, 1.54) is 90.5 Å². The summed E-state index contributed by atoms with van der Waals surface area (Å²) in [5, 5.41) is 4.77. The minimum absolute atomic E-state index is 0.436. The van der Waals surface area contributed by atoms with E-state index in [1.807, 2.05) is 0 Å². The molecule has 5 fully saturated rings. The smallest absolute Gasteiger partial charge is 0.0406 e. The topological polar surface area (TPSA) is 15.3 Å². The molecule has 4 bridgehead atoms. The molecule has 0 amide bonds. The van der Waals surface area contributed by atoms with Gasteiger partial charge < -0.3 is 10.2 Å². The van der Waals surface area contributed by atoms with E-state index in [0.717, 1.165) is 16.9 Å². The summed E-state index contributed by atoms with van der Waals surface area (Å²) in [4.78, 5) is 2.64. The second-order valence-corrected chi connectivity index (χ2v) is 10.8. The fraction of sp³-hybridized carbons (Fsp3) is 0.750. The molecule has 2 atom stereocenters. The monoisotopic (exact) mass is 386 g/mol. The first-order valence-corrected chi connectivity index (χ1v) is 11.7. The van der Waals surface area contributed by atoms with Crippen LogP contribution in [0.2, 0.25) is 5.02 Å². The molecular formula is C24H35ClN2. The van der Waals surface area contributed by atoms with E-state index in [9.17, 15) is 0 Å². The number of likely N-dealkylation sites (tertiary alicyclic amines) is 1. The van der Waals surface area contributed by atoms with Crippen molar-refractivity contribution in [1.82, 2.24) is 10.2 Å². The molecule has 1 saturated heterocycles. The van der Waals surface area contributed by atoms with E-state index in [4.69, 9.17) is 11.6 Å². The highest BCUT2D eigenvalue weighted by Crippen LogP contribution is 2.65. The van der Waals surface area contributed by atoms with Crippen molar-refractivity contribution in [2.75, 3.05) is 32.7 Å². The highest BCUT2D eigenvalue weighted by atomic mass is 35.5. The van der Waals surface area contributed by atoms with Crippen molar-refractivity contribution in [3.05, 3.63) is 34.9 Å². The van der Waals surface area contributed by atoms with E-state index >= 15 is 0 Å². The summed E-state index contributed by atoms with van der Waals surface area (Å²) in [6.45, 7) is 6.39. The standard InChI is InChI=1S/C24H35ClN2/c25-22-6-4-21(5-7-22)24-15-19-12-20(16-24)14-23(13-19,17-24)18-26-8-3-11-27-9-1-2-10-27/h4-7,19-20,26H,1-3,8-18H2. The highest BCUT2D eigenvalue weighted by molar-refractivity contribution is 6.30. The predicted molar refractivity (Wildman–Crippen MR) is 113 cm³/mol. The first-order chi connectivity index (χ1) is 13.1. The van der Waals surface area contributed by atoms with Gasteiger partial charge in [0.1, 0.15) is 0 Å². The van der Waals surface area contributed by atoms with E-state index in [-0.39, 0.29) is 0 Å². The van der Waals surface area contributed by atoms with E-state index in [2.05, 4.69) is 34.5 Å². The van der Waals surface area contributed by atoms with Gasteiger partial charge in [-0.1, -0.05) is 23.7 Å². The first kappa shape index (κ1) is 18.5. The molecule has 4 aliphatic carbocycles. The number of halogens is 1. The van der Waals surface area contributed by atoms with Crippen LogP contribution < -0.4 is 5.32 Å². The molecule has 2 unspecified atom stereocenters. The molecule has 4 saturated carbocycles. The van der Waals surface area contributed by atoms with Crippen molar-refractivity contribution >= 4 is 11.6 Å². The Kier molecular flexibility index (Phi) is 5.03. The van der Waals surface area contributed by atoms with Crippen molar-refractivity contribution in [2.45, 2.75) is 63.2 Å². The zero-order chi connectivity index (χ0) is 18.3. The number of nitrogens with zero attached hydrogens (tertiary/aromatic N) is 1. The lowest BCUT2D eigenvalue weighted by Crippen LogP contribution is -2.56. The lowest BCUT2D eigenvalue weighted by molar-refractivity contribution is -0.0706. The summed E-state index contributed by atoms with van der Waals surface area (Å²) >= 11 is 6.18. The minimum Gasteiger partial charge on any atom is -0.316 e. The van der Waals surface area contributed by atoms with Gasteiger partial charge in [-0.25, -0.2) is 0 Å². The van der Waals surface area contributed by atoms with Gasteiger partial charge in [0.25, 0.3) is 0 Å². The van der Waals surface area contributed by atoms with Gasteiger partial charge in [0.15, 0.2) is 0 Å². The van der Waals surface area contributed by atoms with Gasteiger partial charge >= 0.3 is 0 Å². The van der Waals surface area contributed by atoms with Crippen LogP contribution in [0, 0.1) is 17.3 Å². The fourth-order valence-electron chi connectivity index (χ4n) is 7.59. The van der Waals surface area contributed by atoms with Gasteiger partial charge in [-0.05, 0) is 124 Å². The molecule has 1 aromatic carbocycles. The summed E-state index contributed by atoms with van der Waals surface area (Å²) in [6, 6.07) is 8.87. The average molecular weight is 387 g/mol. The molecule has 1 aliphatic heterocycles. The van der Waals surface area contributed by atoms with Crippen LogP contribution in [0.3, 0.4) is 0 Å². The molecule has 2 nitrogen and oxygen atoms in total. The van der Waals surface area contributed by atoms with Crippen LogP contribution in [0.5, 0.6) is 0 Å². The van der Waals surface area contributed by atoms with Gasteiger partial charge in [0.05, 0.1) is 0 Å². The van der Waals surface area contributed by atoms with Crippen LogP contribution >= 0.6 is 11.6 Å². The molecule has 5 aliphatic rings. The van der Waals surface area contributed by atoms with Crippen LogP contribution in [-0.2, 0) is 5.41 Å². The molecule has 27 heavy (non-hydrogen) atoms. The fourth-order valence-corrected chi connectivity index (χ4v) is 7.71. The molecule has 3 heteroatoms. The van der Waals surface area contributed by atoms with E-state index in [1.54, 1.807) is 5.56 Å². The number of hydrogen-bond acceptors (Lipinski definition) is 2. The normalized spacial score (nSPS) is 38.0. The SMILES string of the molecule is Clc1ccc(C23CC4CC(CC(CNCCCN5CCCC5)(C4)C2)C3)cc1. The molecule has 1 heterocycles. The van der Waals surface area contributed by atoms with E-state index < -0.39 is 0 Å². The van der Waals surface area contributed by atoms with Crippen molar-refractivity contribution in [3.8, 4) is 0 Å². The zero-order valence-electron chi connectivity index (χ0n) is 16.7. The lowest BCUT2D eigenvalue weighted by atomic mass is 9.43. The van der Waals surface area contributed by atoms with Crippen molar-refractivity contribution < 1.29 is 0 Å². The van der Waals surface area contributed by atoms with Crippen LogP contribution in [-0.4, -0.2) is 37.6 Å². The third-order valence-electron chi connectivity index (χ3n) is 8.17. The Balaban J connectivity index is 1.22. The number of benzene rings is 1. The number of nitrogens with one attached hydrogen (secondary N) is 1. The van der Waals surface area contributed by atoms with Gasteiger partial charge in [-0.3, -0.25) is 0 Å². The molecule has 0 aromatic heterocycles. The second-order valence-electron chi connectivity index (χ2n) is 10.3. The first-order valence-electron chi connectivity index (χ1n) is 11.3. The maximum absolute atomic E-state index is 6.18. The second kappa shape index (κ2) is 7.35. The van der Waals surface area contributed by atoms with Crippen LogP contribution in [0.1, 0.15) is 63.4 Å². The zero-order valence-corrected chi connectivity index (χ0v) is 17.4. The van der Waals surface area contributed by atoms with Gasteiger partial charge in [-0.15, -0.1) is 0 Å². The highest BCUT2D eigenvalue weighted by Gasteiger charge is 2.57. The van der Waals surface area contributed by atoms with Crippen LogP contribution in [0.4, 0.5) is 0 Å². The Morgan fingerprint density at radius 1 is 1.00 bits per heavy atom. The Labute approximate surface area is 170 Å². The summed E-state index contributed by atoms with van der Waals surface area (Å²) in [7, 11) is 0. The molecule has 0 spiro atoms. The number of rotatable bonds is 7. The minimum atomic E-state index is 0.436. The predicted octanol–water partition coefficient (Wildman–Crippen LogP) is 5.25. The molecule has 148 valence electrons. The Hall–Kier alpha value is -0.570. The maximum atomic E-state index is 6.18. The number of hydrogen-bond donors (Lipinski definition) is 1. The van der Waals surface area contributed by atoms with Crippen molar-refractivity contribution in [2.24, 2.45) is 17.3 Å². The maximum Gasteiger partial charge on any atom is 0.0406 e. The summed E-state index contributed by atoms with van der Waals surface area (Å²) in [5.41, 5.74) is 2.56. The summed E-state index contributed by atoms with van der Waals surface area (Å²) in [6.07, 6.45) is 12.8. The quantitative estimate of drug-likeness (QED) is 0.643. The van der Waals surface area contributed by atoms with Crippen LogP contribution in [0.15, 0.2) is 24.3 Å². The summed E-state index contributed by atoms with van der Waals surface area (Å²) in [5.74, 6) is 1.90. The van der Waals surface area contributed by atoms with Gasteiger partial charge in [-0.2, -0.15) is 0 Å². The Morgan fingerprint density at radius 2 is 1.70 bits per heavy atom. The Morgan fingerprint density at radius 3 is 2.41 bits per heavy atom. The van der Waals surface area contributed by atoms with Gasteiger partial charge in [0.2, 0.25) is 0 Å². The van der Waals surface area contributed by atoms with Crippen LogP contribution in [0.25, 0.3) is 0 Å². The van der Waals surface area contributed by atoms with Gasteiger partial charge in [0, 0.05) is 11.6 Å². The summed E-state index contributed by atoms with van der Waals surface area (Å²) < 4.78 is 0.